The average Bonchev–Trinajstić information content (AvgIpc) is 1.94. The van der Waals surface area contributed by atoms with Crippen LogP contribution in [0.25, 0.3) is 0 Å². The maximum absolute atomic E-state index is 2.75. The van der Waals surface area contributed by atoms with Gasteiger partial charge in [0.1, 0.15) is 0 Å². The second-order valence-electron chi connectivity index (χ2n) is 2.56. The van der Waals surface area contributed by atoms with Crippen LogP contribution in [0, 0.1) is 6.92 Å². The van der Waals surface area contributed by atoms with Crippen LogP contribution < -0.4 is 5.30 Å². The third-order valence-corrected chi connectivity index (χ3v) is 2.24. The van der Waals surface area contributed by atoms with Crippen LogP contribution in [-0.4, -0.2) is 0 Å². The van der Waals surface area contributed by atoms with E-state index in [1.165, 1.54) is 16.4 Å². The van der Waals surface area contributed by atoms with Crippen molar-refractivity contribution in [2.75, 3.05) is 0 Å². The first kappa shape index (κ1) is 7.75. The third kappa shape index (κ3) is 1.58. The maximum Gasteiger partial charge on any atom is -0.0271 e. The minimum Gasteiger partial charge on any atom is -0.105 e. The molecule has 0 spiro atoms. The zero-order chi connectivity index (χ0) is 7.56. The molecule has 0 aliphatic rings. The van der Waals surface area contributed by atoms with Crippen LogP contribution >= 0.6 is 9.24 Å². The summed E-state index contributed by atoms with van der Waals surface area (Å²) in [6.45, 7) is 4.31. The van der Waals surface area contributed by atoms with E-state index in [4.69, 9.17) is 0 Å². The number of benzene rings is 1. The van der Waals surface area contributed by atoms with Crippen LogP contribution in [0.4, 0.5) is 0 Å². The molecule has 0 heterocycles. The minimum absolute atomic E-state index is 1.13. The van der Waals surface area contributed by atoms with E-state index in [1.807, 2.05) is 0 Å². The van der Waals surface area contributed by atoms with Gasteiger partial charge in [0.25, 0.3) is 0 Å². The topological polar surface area (TPSA) is 0 Å². The van der Waals surface area contributed by atoms with E-state index in [-0.39, 0.29) is 0 Å². The van der Waals surface area contributed by atoms with Crippen LogP contribution in [0.5, 0.6) is 0 Å². The molecule has 1 aromatic carbocycles. The summed E-state index contributed by atoms with van der Waals surface area (Å²) in [5, 5.41) is 1.33. The van der Waals surface area contributed by atoms with Gasteiger partial charge < -0.3 is 0 Å². The number of rotatable bonds is 1. The molecule has 1 aromatic rings. The Morgan fingerprint density at radius 1 is 1.40 bits per heavy atom. The molecule has 0 aliphatic heterocycles. The molecule has 1 rings (SSSR count). The zero-order valence-electron chi connectivity index (χ0n) is 6.52. The second kappa shape index (κ2) is 3.16. The highest BCUT2D eigenvalue weighted by Crippen LogP contribution is 2.04. The molecule has 1 heteroatoms. The minimum atomic E-state index is 1.13. The van der Waals surface area contributed by atoms with Gasteiger partial charge in [-0.3, -0.25) is 0 Å². The first-order chi connectivity index (χ1) is 4.74. The van der Waals surface area contributed by atoms with E-state index in [9.17, 15) is 0 Å². The lowest BCUT2D eigenvalue weighted by molar-refractivity contribution is 1.15. The lowest BCUT2D eigenvalue weighted by Crippen LogP contribution is -1.99. The molecule has 0 nitrogen and oxygen atoms in total. The fourth-order valence-corrected chi connectivity index (χ4v) is 1.42. The molecule has 0 N–H and O–H groups in total. The largest absolute Gasteiger partial charge is 0.105 e. The molecule has 0 amide bonds. The van der Waals surface area contributed by atoms with Crippen molar-refractivity contribution in [2.45, 2.75) is 20.3 Å². The molecular formula is C9H13P. The fourth-order valence-electron chi connectivity index (χ4n) is 1.04. The van der Waals surface area contributed by atoms with Crippen molar-refractivity contribution in [1.29, 1.82) is 0 Å². The van der Waals surface area contributed by atoms with Gasteiger partial charge in [-0.05, 0) is 24.2 Å². The van der Waals surface area contributed by atoms with E-state index in [2.05, 4.69) is 41.3 Å². The normalized spacial score (nSPS) is 9.90. The van der Waals surface area contributed by atoms with Crippen LogP contribution in [0.3, 0.4) is 0 Å². The summed E-state index contributed by atoms with van der Waals surface area (Å²) in [4.78, 5) is 0. The van der Waals surface area contributed by atoms with Gasteiger partial charge in [-0.1, -0.05) is 30.7 Å². The molecule has 1 atom stereocenters. The van der Waals surface area contributed by atoms with Gasteiger partial charge in [-0.25, -0.2) is 0 Å². The SMILES string of the molecule is CCc1cc(C)ccc1P. The highest BCUT2D eigenvalue weighted by atomic mass is 31.0. The predicted molar refractivity (Wildman–Crippen MR) is 49.9 cm³/mol. The molecule has 10 heavy (non-hydrogen) atoms. The van der Waals surface area contributed by atoms with E-state index >= 15 is 0 Å². The van der Waals surface area contributed by atoms with Crippen molar-refractivity contribution >= 4 is 14.5 Å². The van der Waals surface area contributed by atoms with E-state index in [0.717, 1.165) is 6.42 Å². The van der Waals surface area contributed by atoms with Crippen LogP contribution in [-0.2, 0) is 6.42 Å². The highest BCUT2D eigenvalue weighted by Gasteiger charge is 1.93. The summed E-state index contributed by atoms with van der Waals surface area (Å²) in [6.07, 6.45) is 1.13. The maximum atomic E-state index is 2.75. The third-order valence-electron chi connectivity index (χ3n) is 1.68. The van der Waals surface area contributed by atoms with Crippen molar-refractivity contribution in [3.8, 4) is 0 Å². The summed E-state index contributed by atoms with van der Waals surface area (Å²) in [5.74, 6) is 0. The molecule has 0 aromatic heterocycles. The number of aryl methyl sites for hydroxylation is 2. The quantitative estimate of drug-likeness (QED) is 0.540. The summed E-state index contributed by atoms with van der Waals surface area (Å²) in [6, 6.07) is 6.53. The summed E-state index contributed by atoms with van der Waals surface area (Å²) in [5.41, 5.74) is 2.79. The molecule has 0 radical (unpaired) electrons. The Kier molecular flexibility index (Phi) is 2.45. The predicted octanol–water partition coefficient (Wildman–Crippen LogP) is 2.06. The molecule has 0 saturated heterocycles. The van der Waals surface area contributed by atoms with Crippen LogP contribution in [0.1, 0.15) is 18.1 Å². The molecule has 0 bridgehead atoms. The van der Waals surface area contributed by atoms with Crippen molar-refractivity contribution in [3.63, 3.8) is 0 Å². The van der Waals surface area contributed by atoms with Crippen LogP contribution in [0.15, 0.2) is 18.2 Å². The Bertz CT molecular complexity index is 228. The van der Waals surface area contributed by atoms with Gasteiger partial charge in [-0.2, -0.15) is 0 Å². The summed E-state index contributed by atoms with van der Waals surface area (Å²) in [7, 11) is 2.75. The van der Waals surface area contributed by atoms with Crippen molar-refractivity contribution in [2.24, 2.45) is 0 Å². The van der Waals surface area contributed by atoms with E-state index in [0.29, 0.717) is 0 Å². The van der Waals surface area contributed by atoms with E-state index in [1.54, 1.807) is 0 Å². The first-order valence-corrected chi connectivity index (χ1v) is 4.16. The average molecular weight is 152 g/mol. The number of hydrogen-bond acceptors (Lipinski definition) is 0. The molecule has 1 unspecified atom stereocenters. The molecule has 0 saturated carbocycles. The van der Waals surface area contributed by atoms with Crippen molar-refractivity contribution in [1.82, 2.24) is 0 Å². The summed E-state index contributed by atoms with van der Waals surface area (Å²) >= 11 is 0. The van der Waals surface area contributed by atoms with Gasteiger partial charge in [0, 0.05) is 0 Å². The Labute approximate surface area is 64.9 Å². The van der Waals surface area contributed by atoms with Gasteiger partial charge in [0.05, 0.1) is 0 Å². The summed E-state index contributed by atoms with van der Waals surface area (Å²) < 4.78 is 0. The van der Waals surface area contributed by atoms with Crippen molar-refractivity contribution in [3.05, 3.63) is 29.3 Å². The van der Waals surface area contributed by atoms with Gasteiger partial charge in [-0.15, -0.1) is 9.24 Å². The lowest BCUT2D eigenvalue weighted by Gasteiger charge is -2.02. The fraction of sp³-hybridized carbons (Fsp3) is 0.333. The zero-order valence-corrected chi connectivity index (χ0v) is 7.67. The Morgan fingerprint density at radius 3 is 2.60 bits per heavy atom. The van der Waals surface area contributed by atoms with Crippen molar-refractivity contribution < 1.29 is 0 Å². The van der Waals surface area contributed by atoms with Crippen LogP contribution in [0.2, 0.25) is 0 Å². The Balaban J connectivity index is 3.09. The van der Waals surface area contributed by atoms with Gasteiger partial charge in [0.2, 0.25) is 0 Å². The second-order valence-corrected chi connectivity index (χ2v) is 3.18. The Hall–Kier alpha value is -0.350. The molecule has 0 fully saturated rings. The van der Waals surface area contributed by atoms with E-state index < -0.39 is 0 Å². The number of hydrogen-bond donors (Lipinski definition) is 0. The van der Waals surface area contributed by atoms with Gasteiger partial charge in [0.15, 0.2) is 0 Å². The lowest BCUT2D eigenvalue weighted by atomic mass is 10.1. The first-order valence-electron chi connectivity index (χ1n) is 3.59. The standard InChI is InChI=1S/C9H13P/c1-3-8-6-7(2)4-5-9(8)10/h4-6H,3,10H2,1-2H3. The molecular weight excluding hydrogens is 139 g/mol. The van der Waals surface area contributed by atoms with Gasteiger partial charge >= 0.3 is 0 Å². The molecule has 0 aliphatic carbocycles. The smallest absolute Gasteiger partial charge is 0.0271 e. The monoisotopic (exact) mass is 152 g/mol. The Morgan fingerprint density at radius 2 is 2.10 bits per heavy atom. The highest BCUT2D eigenvalue weighted by molar-refractivity contribution is 7.27. The molecule has 54 valence electrons.